The van der Waals surface area contributed by atoms with Crippen molar-refractivity contribution in [2.45, 2.75) is 12.5 Å². The SMILES string of the molecule is O=C1C[C@@H](N2CCN(c3ccccc3Cl)CC2)C(=O)N1c1ccc(F)cc1. The molecule has 7 heteroatoms. The monoisotopic (exact) mass is 387 g/mol. The highest BCUT2D eigenvalue weighted by atomic mass is 35.5. The number of amides is 2. The van der Waals surface area contributed by atoms with Gasteiger partial charge in [0.2, 0.25) is 5.91 Å². The Labute approximate surface area is 161 Å². The van der Waals surface area contributed by atoms with Crippen LogP contribution in [0.5, 0.6) is 0 Å². The molecule has 0 radical (unpaired) electrons. The fourth-order valence-corrected chi connectivity index (χ4v) is 4.00. The standard InChI is InChI=1S/C20H19ClFN3O2/c21-16-3-1-2-4-17(16)23-9-11-24(12-10-23)18-13-19(26)25(20(18)27)15-7-5-14(22)6-8-15/h1-8,18H,9-13H2/t18-/m1/s1. The molecule has 2 aromatic rings. The maximum Gasteiger partial charge on any atom is 0.251 e. The Morgan fingerprint density at radius 2 is 1.59 bits per heavy atom. The van der Waals surface area contributed by atoms with Crippen LogP contribution in [-0.4, -0.2) is 48.9 Å². The summed E-state index contributed by atoms with van der Waals surface area (Å²) in [5, 5.41) is 0.709. The van der Waals surface area contributed by atoms with Gasteiger partial charge >= 0.3 is 0 Å². The van der Waals surface area contributed by atoms with Crippen molar-refractivity contribution in [1.29, 1.82) is 0 Å². The summed E-state index contributed by atoms with van der Waals surface area (Å²) >= 11 is 6.27. The summed E-state index contributed by atoms with van der Waals surface area (Å²) in [4.78, 5) is 30.7. The molecule has 1 atom stereocenters. The first kappa shape index (κ1) is 17.9. The highest BCUT2D eigenvalue weighted by Crippen LogP contribution is 2.29. The number of hydrogen-bond acceptors (Lipinski definition) is 4. The Morgan fingerprint density at radius 3 is 2.26 bits per heavy atom. The van der Waals surface area contributed by atoms with E-state index in [0.717, 1.165) is 18.8 Å². The second-order valence-electron chi connectivity index (χ2n) is 6.74. The van der Waals surface area contributed by atoms with E-state index in [-0.39, 0.29) is 18.2 Å². The lowest BCUT2D eigenvalue weighted by Gasteiger charge is -2.38. The molecule has 2 amide bonds. The number of piperazine rings is 1. The van der Waals surface area contributed by atoms with Crippen LogP contribution in [0.3, 0.4) is 0 Å². The van der Waals surface area contributed by atoms with Crippen molar-refractivity contribution in [2.75, 3.05) is 36.0 Å². The van der Waals surface area contributed by atoms with Crippen molar-refractivity contribution in [3.05, 3.63) is 59.4 Å². The van der Waals surface area contributed by atoms with E-state index in [1.165, 1.54) is 29.2 Å². The van der Waals surface area contributed by atoms with Crippen LogP contribution < -0.4 is 9.80 Å². The number of hydrogen-bond donors (Lipinski definition) is 0. The lowest BCUT2D eigenvalue weighted by atomic mass is 10.1. The quantitative estimate of drug-likeness (QED) is 0.759. The zero-order valence-corrected chi connectivity index (χ0v) is 15.4. The molecule has 0 aromatic heterocycles. The van der Waals surface area contributed by atoms with Gasteiger partial charge in [-0.05, 0) is 36.4 Å². The van der Waals surface area contributed by atoms with Crippen LogP contribution in [0.25, 0.3) is 0 Å². The summed E-state index contributed by atoms with van der Waals surface area (Å²) in [5.74, 6) is -0.881. The first-order chi connectivity index (χ1) is 13.0. The summed E-state index contributed by atoms with van der Waals surface area (Å²) in [6, 6.07) is 12.7. The summed E-state index contributed by atoms with van der Waals surface area (Å²) < 4.78 is 13.1. The molecule has 2 aliphatic rings. The van der Waals surface area contributed by atoms with E-state index in [1.54, 1.807) is 0 Å². The van der Waals surface area contributed by atoms with Crippen molar-refractivity contribution in [3.8, 4) is 0 Å². The number of halogens is 2. The van der Waals surface area contributed by atoms with E-state index in [0.29, 0.717) is 23.8 Å². The molecule has 4 rings (SSSR count). The minimum Gasteiger partial charge on any atom is -0.368 e. The Kier molecular flexibility index (Phi) is 4.85. The number of carbonyl (C=O) groups is 2. The number of imide groups is 1. The highest BCUT2D eigenvalue weighted by Gasteiger charge is 2.43. The molecule has 0 N–H and O–H groups in total. The van der Waals surface area contributed by atoms with E-state index in [9.17, 15) is 14.0 Å². The fraction of sp³-hybridized carbons (Fsp3) is 0.300. The molecule has 0 unspecified atom stereocenters. The van der Waals surface area contributed by atoms with Crippen LogP contribution >= 0.6 is 11.6 Å². The van der Waals surface area contributed by atoms with Gasteiger partial charge in [-0.2, -0.15) is 0 Å². The molecule has 0 spiro atoms. The fourth-order valence-electron chi connectivity index (χ4n) is 3.75. The summed E-state index contributed by atoms with van der Waals surface area (Å²) in [6.45, 7) is 2.81. The van der Waals surface area contributed by atoms with Gasteiger partial charge in [-0.1, -0.05) is 23.7 Å². The van der Waals surface area contributed by atoms with Gasteiger partial charge in [0.25, 0.3) is 5.91 Å². The Bertz CT molecular complexity index is 866. The number of para-hydroxylation sites is 1. The van der Waals surface area contributed by atoms with Gasteiger partial charge in [-0.15, -0.1) is 0 Å². The minimum atomic E-state index is -0.462. The molecule has 2 aliphatic heterocycles. The number of rotatable bonds is 3. The molecule has 2 aromatic carbocycles. The largest absolute Gasteiger partial charge is 0.368 e. The van der Waals surface area contributed by atoms with Crippen molar-refractivity contribution < 1.29 is 14.0 Å². The van der Waals surface area contributed by atoms with E-state index in [4.69, 9.17) is 11.6 Å². The lowest BCUT2D eigenvalue weighted by molar-refractivity contribution is -0.123. The minimum absolute atomic E-state index is 0.155. The lowest BCUT2D eigenvalue weighted by Crippen LogP contribution is -2.52. The molecule has 0 aliphatic carbocycles. The van der Waals surface area contributed by atoms with Crippen LogP contribution in [0.2, 0.25) is 5.02 Å². The number of carbonyl (C=O) groups excluding carboxylic acids is 2. The molecule has 2 fully saturated rings. The Hall–Kier alpha value is -2.44. The topological polar surface area (TPSA) is 43.9 Å². The van der Waals surface area contributed by atoms with Gasteiger partial charge in [0.1, 0.15) is 5.82 Å². The van der Waals surface area contributed by atoms with Crippen LogP contribution in [0.1, 0.15) is 6.42 Å². The average Bonchev–Trinajstić information content (AvgIpc) is 2.97. The van der Waals surface area contributed by atoms with Gasteiger partial charge < -0.3 is 4.90 Å². The second-order valence-corrected chi connectivity index (χ2v) is 7.15. The molecular formula is C20H19ClFN3O2. The number of anilines is 2. The van der Waals surface area contributed by atoms with Crippen LogP contribution in [-0.2, 0) is 9.59 Å². The first-order valence-corrected chi connectivity index (χ1v) is 9.28. The van der Waals surface area contributed by atoms with Gasteiger partial charge in [-0.3, -0.25) is 14.5 Å². The van der Waals surface area contributed by atoms with Gasteiger partial charge in [0, 0.05) is 26.2 Å². The molecule has 0 bridgehead atoms. The van der Waals surface area contributed by atoms with E-state index >= 15 is 0 Å². The first-order valence-electron chi connectivity index (χ1n) is 8.90. The molecule has 5 nitrogen and oxygen atoms in total. The third-order valence-corrected chi connectivity index (χ3v) is 5.48. The second kappa shape index (κ2) is 7.29. The number of nitrogens with zero attached hydrogens (tertiary/aromatic N) is 3. The smallest absolute Gasteiger partial charge is 0.251 e. The predicted molar refractivity (Wildman–Crippen MR) is 103 cm³/mol. The predicted octanol–water partition coefficient (Wildman–Crippen LogP) is 2.93. The van der Waals surface area contributed by atoms with Crippen molar-refractivity contribution in [3.63, 3.8) is 0 Å². The van der Waals surface area contributed by atoms with Gasteiger partial charge in [-0.25, -0.2) is 9.29 Å². The third kappa shape index (κ3) is 3.42. The van der Waals surface area contributed by atoms with Crippen molar-refractivity contribution in [2.24, 2.45) is 0 Å². The van der Waals surface area contributed by atoms with Crippen molar-refractivity contribution in [1.82, 2.24) is 4.90 Å². The zero-order valence-electron chi connectivity index (χ0n) is 14.6. The number of benzene rings is 2. The summed E-state index contributed by atoms with van der Waals surface area (Å²) in [7, 11) is 0. The van der Waals surface area contributed by atoms with Crippen molar-refractivity contribution >= 4 is 34.8 Å². The molecule has 0 saturated carbocycles. The van der Waals surface area contributed by atoms with Gasteiger partial charge in [0.15, 0.2) is 0 Å². The third-order valence-electron chi connectivity index (χ3n) is 5.16. The normalized spacial score (nSPS) is 21.2. The Balaban J connectivity index is 1.44. The van der Waals surface area contributed by atoms with E-state index in [1.807, 2.05) is 24.3 Å². The molecular weight excluding hydrogens is 369 g/mol. The highest BCUT2D eigenvalue weighted by molar-refractivity contribution is 6.33. The molecule has 140 valence electrons. The van der Waals surface area contributed by atoms with E-state index in [2.05, 4.69) is 9.80 Å². The Morgan fingerprint density at radius 1 is 0.926 bits per heavy atom. The zero-order chi connectivity index (χ0) is 19.0. The molecule has 2 saturated heterocycles. The van der Waals surface area contributed by atoms with Gasteiger partial charge in [0.05, 0.1) is 28.9 Å². The summed E-state index contributed by atoms with van der Waals surface area (Å²) in [6.07, 6.45) is 0.155. The van der Waals surface area contributed by atoms with Crippen LogP contribution in [0.4, 0.5) is 15.8 Å². The van der Waals surface area contributed by atoms with Crippen LogP contribution in [0, 0.1) is 5.82 Å². The van der Waals surface area contributed by atoms with E-state index < -0.39 is 11.9 Å². The maximum absolute atomic E-state index is 13.1. The maximum atomic E-state index is 13.1. The van der Waals surface area contributed by atoms with Crippen LogP contribution in [0.15, 0.2) is 48.5 Å². The molecule has 27 heavy (non-hydrogen) atoms. The summed E-state index contributed by atoms with van der Waals surface area (Å²) in [5.41, 5.74) is 1.41. The average molecular weight is 388 g/mol. The molecule has 2 heterocycles.